The Morgan fingerprint density at radius 3 is 0.739 bits per heavy atom. The number of hydrogen-bond acceptors (Lipinski definition) is 0. The van der Waals surface area contributed by atoms with Gasteiger partial charge in [-0.05, 0) is 170 Å². The van der Waals surface area contributed by atoms with E-state index in [9.17, 15) is 0 Å². The molecule has 13 rings (SSSR count). The molecule has 0 heteroatoms. The molecule has 0 atom stereocenters. The van der Waals surface area contributed by atoms with Gasteiger partial charge in [0.2, 0.25) is 0 Å². The summed E-state index contributed by atoms with van der Waals surface area (Å²) >= 11 is 0. The second-order valence-electron chi connectivity index (χ2n) is 21.3. The van der Waals surface area contributed by atoms with Crippen molar-refractivity contribution in [2.24, 2.45) is 0 Å². The average molecular weight is 883 g/mol. The maximum atomic E-state index is 2.48. The average Bonchev–Trinajstić information content (AvgIpc) is 3.87. The van der Waals surface area contributed by atoms with Crippen LogP contribution in [0.5, 0.6) is 0 Å². The van der Waals surface area contributed by atoms with E-state index in [1.165, 1.54) is 134 Å². The zero-order valence-corrected chi connectivity index (χ0v) is 40.3. The molecule has 0 nitrogen and oxygen atoms in total. The van der Waals surface area contributed by atoms with Gasteiger partial charge in [-0.15, -0.1) is 0 Å². The lowest BCUT2D eigenvalue weighted by Gasteiger charge is -2.24. The first kappa shape index (κ1) is 41.4. The predicted molar refractivity (Wildman–Crippen MR) is 292 cm³/mol. The van der Waals surface area contributed by atoms with Crippen molar-refractivity contribution in [2.45, 2.75) is 57.8 Å². The van der Waals surface area contributed by atoms with Crippen LogP contribution >= 0.6 is 0 Å². The van der Waals surface area contributed by atoms with Crippen molar-refractivity contribution in [1.29, 1.82) is 0 Å². The number of fused-ring (bicyclic) bond motifs is 9. The third kappa shape index (κ3) is 6.28. The van der Waals surface area contributed by atoms with Crippen LogP contribution in [0.15, 0.2) is 218 Å². The lowest BCUT2D eigenvalue weighted by Crippen LogP contribution is -2.16. The molecule has 0 aliphatic heterocycles. The van der Waals surface area contributed by atoms with Gasteiger partial charge >= 0.3 is 0 Å². The van der Waals surface area contributed by atoms with Gasteiger partial charge in [0.25, 0.3) is 0 Å². The molecular formula is C69H54. The molecule has 330 valence electrons. The van der Waals surface area contributed by atoms with Gasteiger partial charge in [-0.1, -0.05) is 224 Å². The standard InChI is InChI=1S/C69H54/c1-67(2)60-37-46(43-17-10-7-11-18-43)25-31-54(60)55-32-26-47(38-61(55)67)48-27-33-56-57-34-28-49(40-63(57)68(3,4)62(56)39-48)50-29-35-58-59-36-30-51(42-65(59)69(5,6)64(58)41-50)66-52(44-19-12-8-13-20-44)23-16-24-53(66)45-21-14-9-15-22-45/h7-42H,1-6H3. The van der Waals surface area contributed by atoms with Gasteiger partial charge in [-0.25, -0.2) is 0 Å². The molecule has 69 heavy (non-hydrogen) atoms. The third-order valence-corrected chi connectivity index (χ3v) is 16.3. The van der Waals surface area contributed by atoms with Gasteiger partial charge in [-0.3, -0.25) is 0 Å². The fourth-order valence-corrected chi connectivity index (χ4v) is 12.5. The van der Waals surface area contributed by atoms with Crippen molar-refractivity contribution in [1.82, 2.24) is 0 Å². The monoisotopic (exact) mass is 882 g/mol. The van der Waals surface area contributed by atoms with E-state index >= 15 is 0 Å². The second kappa shape index (κ2) is 15.1. The summed E-state index contributed by atoms with van der Waals surface area (Å²) < 4.78 is 0. The van der Waals surface area contributed by atoms with Crippen molar-refractivity contribution in [2.75, 3.05) is 0 Å². The van der Waals surface area contributed by atoms with Crippen molar-refractivity contribution >= 4 is 0 Å². The first-order chi connectivity index (χ1) is 33.5. The van der Waals surface area contributed by atoms with E-state index in [1.54, 1.807) is 0 Å². The van der Waals surface area contributed by atoms with E-state index in [2.05, 4.69) is 260 Å². The molecule has 10 aromatic rings. The van der Waals surface area contributed by atoms with Crippen LogP contribution in [0.3, 0.4) is 0 Å². The van der Waals surface area contributed by atoms with Crippen molar-refractivity contribution < 1.29 is 0 Å². The van der Waals surface area contributed by atoms with Crippen LogP contribution < -0.4 is 0 Å². The third-order valence-electron chi connectivity index (χ3n) is 16.3. The lowest BCUT2D eigenvalue weighted by atomic mass is 9.79. The topological polar surface area (TPSA) is 0 Å². The summed E-state index contributed by atoms with van der Waals surface area (Å²) in [5.41, 5.74) is 31.1. The molecule has 0 aromatic heterocycles. The van der Waals surface area contributed by atoms with Gasteiger partial charge in [-0.2, -0.15) is 0 Å². The summed E-state index contributed by atoms with van der Waals surface area (Å²) in [6.45, 7) is 14.4. The summed E-state index contributed by atoms with van der Waals surface area (Å²) in [7, 11) is 0. The molecule has 0 unspecified atom stereocenters. The van der Waals surface area contributed by atoms with Crippen LogP contribution in [0.25, 0.3) is 100 Å². The minimum Gasteiger partial charge on any atom is -0.0622 e. The molecule has 3 aliphatic rings. The maximum Gasteiger partial charge on any atom is 0.0159 e. The Labute approximate surface area is 407 Å². The summed E-state index contributed by atoms with van der Waals surface area (Å²) in [6, 6.07) is 82.2. The molecule has 0 heterocycles. The van der Waals surface area contributed by atoms with Crippen LogP contribution in [0.2, 0.25) is 0 Å². The summed E-state index contributed by atoms with van der Waals surface area (Å²) in [6.07, 6.45) is 0. The Morgan fingerprint density at radius 2 is 0.435 bits per heavy atom. The fraction of sp³-hybridized carbons (Fsp3) is 0.130. The normalized spacial score (nSPS) is 14.9. The number of benzene rings is 10. The zero-order valence-electron chi connectivity index (χ0n) is 40.3. The van der Waals surface area contributed by atoms with E-state index in [0.717, 1.165) is 0 Å². The largest absolute Gasteiger partial charge is 0.0622 e. The first-order valence-corrected chi connectivity index (χ1v) is 24.7. The predicted octanol–water partition coefficient (Wildman–Crippen LogP) is 18.6. The highest BCUT2D eigenvalue weighted by molar-refractivity contribution is 5.97. The summed E-state index contributed by atoms with van der Waals surface area (Å²) in [5, 5.41) is 0. The Morgan fingerprint density at radius 1 is 0.188 bits per heavy atom. The van der Waals surface area contributed by atoms with E-state index in [0.29, 0.717) is 0 Å². The number of hydrogen-bond donors (Lipinski definition) is 0. The molecule has 0 bridgehead atoms. The molecule has 0 saturated heterocycles. The smallest absolute Gasteiger partial charge is 0.0159 e. The fourth-order valence-electron chi connectivity index (χ4n) is 12.5. The van der Waals surface area contributed by atoms with Gasteiger partial charge < -0.3 is 0 Å². The zero-order chi connectivity index (χ0) is 46.8. The molecule has 0 spiro atoms. The summed E-state index contributed by atoms with van der Waals surface area (Å²) in [5.74, 6) is 0. The number of rotatable bonds is 6. The Kier molecular flexibility index (Phi) is 9.06. The lowest BCUT2D eigenvalue weighted by molar-refractivity contribution is 0.659. The summed E-state index contributed by atoms with van der Waals surface area (Å²) in [4.78, 5) is 0. The van der Waals surface area contributed by atoms with Crippen LogP contribution in [0.4, 0.5) is 0 Å². The molecule has 0 amide bonds. The van der Waals surface area contributed by atoms with E-state index in [1.807, 2.05) is 0 Å². The van der Waals surface area contributed by atoms with Crippen LogP contribution in [0.1, 0.15) is 74.9 Å². The highest BCUT2D eigenvalue weighted by Crippen LogP contribution is 2.55. The molecule has 10 aromatic carbocycles. The van der Waals surface area contributed by atoms with E-state index in [4.69, 9.17) is 0 Å². The minimum atomic E-state index is -0.186. The van der Waals surface area contributed by atoms with E-state index < -0.39 is 0 Å². The SMILES string of the molecule is CC1(C)c2cc(-c3ccccc3)ccc2-c2ccc(-c3ccc4c(c3)C(C)(C)c3cc(-c5ccc6c(c5)C(C)(C)c5cc(-c7c(-c8ccccc8)cccc7-c7ccccc7)ccc5-6)ccc3-4)cc21. The molecule has 0 radical (unpaired) electrons. The Bertz CT molecular complexity index is 3660. The van der Waals surface area contributed by atoms with Gasteiger partial charge in [0, 0.05) is 16.2 Å². The van der Waals surface area contributed by atoms with E-state index in [-0.39, 0.29) is 16.2 Å². The molecule has 0 saturated carbocycles. The molecule has 0 N–H and O–H groups in total. The minimum absolute atomic E-state index is 0.103. The van der Waals surface area contributed by atoms with Crippen molar-refractivity contribution in [3.63, 3.8) is 0 Å². The maximum absolute atomic E-state index is 2.48. The highest BCUT2D eigenvalue weighted by atomic mass is 14.4. The first-order valence-electron chi connectivity index (χ1n) is 24.7. The molecule has 0 fully saturated rings. The molecule has 3 aliphatic carbocycles. The van der Waals surface area contributed by atoms with Crippen LogP contribution in [-0.2, 0) is 16.2 Å². The van der Waals surface area contributed by atoms with Crippen molar-refractivity contribution in [3.8, 4) is 100 Å². The quantitative estimate of drug-likeness (QED) is 0.156. The Hall–Kier alpha value is -7.80. The van der Waals surface area contributed by atoms with Gasteiger partial charge in [0.05, 0.1) is 0 Å². The second-order valence-corrected chi connectivity index (χ2v) is 21.3. The highest BCUT2D eigenvalue weighted by Gasteiger charge is 2.39. The van der Waals surface area contributed by atoms with Gasteiger partial charge in [0.15, 0.2) is 0 Å². The van der Waals surface area contributed by atoms with Crippen LogP contribution in [0, 0.1) is 0 Å². The van der Waals surface area contributed by atoms with Crippen molar-refractivity contribution in [3.05, 3.63) is 252 Å². The Balaban J connectivity index is 0.822. The molecular weight excluding hydrogens is 829 g/mol. The van der Waals surface area contributed by atoms with Gasteiger partial charge in [0.1, 0.15) is 0 Å². The van der Waals surface area contributed by atoms with Crippen LogP contribution in [-0.4, -0.2) is 0 Å².